The van der Waals surface area contributed by atoms with Gasteiger partial charge in [0, 0.05) is 30.5 Å². The van der Waals surface area contributed by atoms with Gasteiger partial charge in [-0.3, -0.25) is 9.98 Å². The molecular weight excluding hydrogens is 388 g/mol. The summed E-state index contributed by atoms with van der Waals surface area (Å²) in [6.45, 7) is 0.639. The Bertz CT molecular complexity index is 846. The van der Waals surface area contributed by atoms with Crippen LogP contribution in [0.1, 0.15) is 0 Å². The number of nitrogens with one attached hydrogen (secondary N) is 1. The molecule has 10 heteroatoms. The standard InChI is InChI=1S/C9H7FN4.C6H6FN.C3H4N2.ClH/c10-7-1-3-8(4-2-7)13-14-9-11-5-6-12-9;7-5-1-3-6(8)4-2-5;1-2-5-3-4-1;/h1-6H,(H,11,12);1-4H,8H2;1-2H,3H2;1H. The first-order valence-electron chi connectivity index (χ1n) is 7.79. The average molecular weight is 406 g/mol. The zero-order chi connectivity index (χ0) is 19.3. The Morgan fingerprint density at radius 1 is 0.857 bits per heavy atom. The van der Waals surface area contributed by atoms with Gasteiger partial charge in [-0.25, -0.2) is 13.8 Å². The van der Waals surface area contributed by atoms with Crippen LogP contribution in [0, 0.1) is 11.6 Å². The van der Waals surface area contributed by atoms with Gasteiger partial charge in [0.2, 0.25) is 5.95 Å². The van der Waals surface area contributed by atoms with E-state index >= 15 is 0 Å². The Kier molecular flexibility index (Phi) is 10.3. The van der Waals surface area contributed by atoms with Crippen molar-refractivity contribution < 1.29 is 8.78 Å². The largest absolute Gasteiger partial charge is 0.399 e. The van der Waals surface area contributed by atoms with Gasteiger partial charge < -0.3 is 10.7 Å². The molecule has 7 nitrogen and oxygen atoms in total. The molecule has 0 radical (unpaired) electrons. The fraction of sp³-hybridized carbons (Fsp3) is 0.0556. The minimum atomic E-state index is -0.290. The normalized spacial score (nSPS) is 11.2. The van der Waals surface area contributed by atoms with E-state index in [0.29, 0.717) is 24.0 Å². The molecule has 0 saturated carbocycles. The van der Waals surface area contributed by atoms with Crippen molar-refractivity contribution >= 4 is 42.2 Å². The van der Waals surface area contributed by atoms with Crippen LogP contribution in [0.3, 0.4) is 0 Å². The minimum Gasteiger partial charge on any atom is -0.399 e. The summed E-state index contributed by atoms with van der Waals surface area (Å²) in [6, 6.07) is 11.5. The van der Waals surface area contributed by atoms with Crippen molar-refractivity contribution in [1.82, 2.24) is 9.97 Å². The number of aromatic amines is 1. The lowest BCUT2D eigenvalue weighted by molar-refractivity contribution is 0.627. The second kappa shape index (κ2) is 12.8. The number of rotatable bonds is 2. The van der Waals surface area contributed by atoms with Crippen LogP contribution in [0.15, 0.2) is 81.1 Å². The molecule has 3 aromatic rings. The van der Waals surface area contributed by atoms with E-state index in [1.54, 1.807) is 37.0 Å². The molecule has 0 aliphatic carbocycles. The Hall–Kier alpha value is -3.46. The Labute approximate surface area is 166 Å². The second-order valence-electron chi connectivity index (χ2n) is 4.95. The van der Waals surface area contributed by atoms with Crippen LogP contribution >= 0.6 is 12.4 Å². The Morgan fingerprint density at radius 2 is 1.43 bits per heavy atom. The summed E-state index contributed by atoms with van der Waals surface area (Å²) in [4.78, 5) is 14.1. The topological polar surface area (TPSA) is 104 Å². The predicted molar refractivity (Wildman–Crippen MR) is 109 cm³/mol. The van der Waals surface area contributed by atoms with Gasteiger partial charge in [0.15, 0.2) is 0 Å². The van der Waals surface area contributed by atoms with Crippen molar-refractivity contribution in [2.75, 3.05) is 12.4 Å². The molecule has 0 fully saturated rings. The summed E-state index contributed by atoms with van der Waals surface area (Å²) in [5.74, 6) is -0.115. The summed E-state index contributed by atoms with van der Waals surface area (Å²) in [5, 5.41) is 7.66. The maximum Gasteiger partial charge on any atom is 0.246 e. The number of nitrogen functional groups attached to an aromatic ring is 1. The summed E-state index contributed by atoms with van der Waals surface area (Å²) in [7, 11) is 0. The molecular formula is C18H18ClF2N7. The predicted octanol–water partition coefficient (Wildman–Crippen LogP) is 4.89. The van der Waals surface area contributed by atoms with Crippen LogP contribution in [0.25, 0.3) is 0 Å². The van der Waals surface area contributed by atoms with Crippen molar-refractivity contribution in [3.63, 3.8) is 0 Å². The lowest BCUT2D eigenvalue weighted by atomic mass is 10.3. The number of aromatic nitrogens is 2. The number of halogens is 3. The van der Waals surface area contributed by atoms with E-state index in [1.165, 1.54) is 36.4 Å². The number of benzene rings is 2. The number of hydrogen-bond donors (Lipinski definition) is 2. The lowest BCUT2D eigenvalue weighted by Crippen LogP contribution is -1.82. The number of nitrogens with zero attached hydrogens (tertiary/aromatic N) is 5. The second-order valence-corrected chi connectivity index (χ2v) is 4.95. The molecule has 3 N–H and O–H groups in total. The highest BCUT2D eigenvalue weighted by molar-refractivity contribution is 6.17. The number of imidazole rings is 1. The van der Waals surface area contributed by atoms with Gasteiger partial charge in [0.25, 0.3) is 0 Å². The fourth-order valence-corrected chi connectivity index (χ4v) is 1.62. The third kappa shape index (κ3) is 9.30. The van der Waals surface area contributed by atoms with Gasteiger partial charge in [-0.1, -0.05) is 0 Å². The third-order valence-electron chi connectivity index (χ3n) is 2.88. The van der Waals surface area contributed by atoms with Gasteiger partial charge >= 0.3 is 0 Å². The van der Waals surface area contributed by atoms with Gasteiger partial charge in [0.1, 0.15) is 18.3 Å². The maximum absolute atomic E-state index is 12.5. The van der Waals surface area contributed by atoms with Crippen LogP contribution in [0.5, 0.6) is 0 Å². The number of anilines is 1. The molecule has 0 amide bonds. The molecule has 146 valence electrons. The van der Waals surface area contributed by atoms with Gasteiger partial charge in [-0.15, -0.1) is 22.6 Å². The monoisotopic (exact) mass is 405 g/mol. The molecule has 1 aliphatic rings. The quantitative estimate of drug-likeness (QED) is 0.468. The molecule has 2 heterocycles. The molecule has 0 atom stereocenters. The summed E-state index contributed by atoms with van der Waals surface area (Å²) in [6.07, 6.45) is 6.62. The van der Waals surface area contributed by atoms with Crippen LogP contribution in [0.4, 0.5) is 26.1 Å². The highest BCUT2D eigenvalue weighted by Crippen LogP contribution is 2.15. The van der Waals surface area contributed by atoms with E-state index < -0.39 is 0 Å². The Balaban J connectivity index is 0.000000236. The maximum atomic E-state index is 12.5. The van der Waals surface area contributed by atoms with Crippen molar-refractivity contribution in [2.45, 2.75) is 0 Å². The van der Waals surface area contributed by atoms with E-state index in [4.69, 9.17) is 5.73 Å². The first-order valence-corrected chi connectivity index (χ1v) is 7.79. The van der Waals surface area contributed by atoms with Gasteiger partial charge in [-0.2, -0.15) is 0 Å². The fourth-order valence-electron chi connectivity index (χ4n) is 1.62. The molecule has 1 aliphatic heterocycles. The number of H-pyrrole nitrogens is 1. The molecule has 0 saturated heterocycles. The number of azo groups is 1. The number of hydrogen-bond acceptors (Lipinski definition) is 6. The minimum absolute atomic E-state index is 0. The first-order chi connectivity index (χ1) is 13.1. The van der Waals surface area contributed by atoms with Crippen molar-refractivity contribution in [3.8, 4) is 0 Å². The van der Waals surface area contributed by atoms with E-state index in [0.717, 1.165) is 0 Å². The highest BCUT2D eigenvalue weighted by atomic mass is 35.5. The third-order valence-corrected chi connectivity index (χ3v) is 2.88. The summed E-state index contributed by atoms with van der Waals surface area (Å²) in [5.41, 5.74) is 6.44. The van der Waals surface area contributed by atoms with Crippen LogP contribution < -0.4 is 5.73 Å². The van der Waals surface area contributed by atoms with E-state index in [9.17, 15) is 8.78 Å². The zero-order valence-corrected chi connectivity index (χ0v) is 15.4. The molecule has 0 unspecified atom stereocenters. The summed E-state index contributed by atoms with van der Waals surface area (Å²) < 4.78 is 24.5. The van der Waals surface area contributed by atoms with E-state index in [-0.39, 0.29) is 24.0 Å². The number of nitrogens with two attached hydrogens (primary N) is 1. The van der Waals surface area contributed by atoms with E-state index in [1.807, 2.05) is 0 Å². The molecule has 28 heavy (non-hydrogen) atoms. The average Bonchev–Trinajstić information content (AvgIpc) is 3.41. The smallest absolute Gasteiger partial charge is 0.246 e. The molecule has 4 rings (SSSR count). The van der Waals surface area contributed by atoms with Crippen LogP contribution in [-0.4, -0.2) is 29.1 Å². The van der Waals surface area contributed by atoms with Crippen LogP contribution in [-0.2, 0) is 0 Å². The Morgan fingerprint density at radius 3 is 1.86 bits per heavy atom. The highest BCUT2D eigenvalue weighted by Gasteiger charge is 1.92. The molecule has 2 aromatic carbocycles. The molecule has 1 aromatic heterocycles. The summed E-state index contributed by atoms with van der Waals surface area (Å²) >= 11 is 0. The van der Waals surface area contributed by atoms with Crippen LogP contribution in [0.2, 0.25) is 0 Å². The van der Waals surface area contributed by atoms with Crippen molar-refractivity contribution in [1.29, 1.82) is 0 Å². The lowest BCUT2D eigenvalue weighted by Gasteiger charge is -1.89. The molecule has 0 bridgehead atoms. The number of aliphatic imine (C=N–C) groups is 2. The van der Waals surface area contributed by atoms with E-state index in [2.05, 4.69) is 30.2 Å². The first kappa shape index (κ1) is 22.6. The van der Waals surface area contributed by atoms with Crippen molar-refractivity contribution in [2.24, 2.45) is 20.2 Å². The molecule has 0 spiro atoms. The van der Waals surface area contributed by atoms with Gasteiger partial charge in [0.05, 0.1) is 5.69 Å². The zero-order valence-electron chi connectivity index (χ0n) is 14.6. The SMILES string of the molecule is C1=NCN=C1.Cl.Fc1ccc(N=Nc2ncc[nH]2)cc1.Nc1ccc(F)cc1. The van der Waals surface area contributed by atoms with Gasteiger partial charge in [-0.05, 0) is 48.5 Å². The van der Waals surface area contributed by atoms with Crippen molar-refractivity contribution in [3.05, 3.63) is 72.6 Å².